The van der Waals surface area contributed by atoms with Crippen molar-refractivity contribution in [2.75, 3.05) is 0 Å². The van der Waals surface area contributed by atoms with Crippen molar-refractivity contribution < 1.29 is 0 Å². The number of allylic oxidation sites excluding steroid dienone is 1. The molecule has 0 spiro atoms. The van der Waals surface area contributed by atoms with Gasteiger partial charge >= 0.3 is 0 Å². The molecule has 0 aromatic heterocycles. The van der Waals surface area contributed by atoms with E-state index in [-0.39, 0.29) is 5.92 Å². The summed E-state index contributed by atoms with van der Waals surface area (Å²) in [5.41, 5.74) is 2.14. The zero-order chi connectivity index (χ0) is 9.47. The highest BCUT2D eigenvalue weighted by molar-refractivity contribution is 6.68. The molecule has 67 valence electrons. The Bertz CT molecular complexity index is 349. The van der Waals surface area contributed by atoms with Crippen molar-refractivity contribution in [2.24, 2.45) is 0 Å². The second-order valence-corrected chi connectivity index (χ2v) is 5.30. The fraction of sp³-hybridized carbons (Fsp3) is 0.200. The van der Waals surface area contributed by atoms with Gasteiger partial charge in [-0.3, -0.25) is 0 Å². The van der Waals surface area contributed by atoms with E-state index < -0.39 is 3.79 Å². The zero-order valence-electron chi connectivity index (χ0n) is 6.60. The number of fused-ring (bicyclic) bond motifs is 1. The third-order valence-corrected chi connectivity index (χ3v) is 2.79. The number of rotatable bonds is 0. The average Bonchev–Trinajstić information content (AvgIpc) is 2.45. The van der Waals surface area contributed by atoms with Crippen LogP contribution in [0.4, 0.5) is 0 Å². The first-order valence-electron chi connectivity index (χ1n) is 3.84. The van der Waals surface area contributed by atoms with Crippen LogP contribution in [0.15, 0.2) is 24.3 Å². The molecule has 0 fully saturated rings. The maximum Gasteiger partial charge on any atom is 0.200 e. The lowest BCUT2D eigenvalue weighted by atomic mass is 10.0. The van der Waals surface area contributed by atoms with Gasteiger partial charge in [-0.2, -0.15) is 0 Å². The molecule has 1 radical (unpaired) electrons. The molecule has 1 aromatic rings. The monoisotopic (exact) mass is 231 g/mol. The normalized spacial score (nSPS) is 20.4. The maximum atomic E-state index is 5.83. The number of alkyl halides is 3. The van der Waals surface area contributed by atoms with Crippen LogP contribution < -0.4 is 0 Å². The van der Waals surface area contributed by atoms with E-state index in [0.29, 0.717) is 0 Å². The minimum absolute atomic E-state index is 0.148. The van der Waals surface area contributed by atoms with Crippen LogP contribution in [0.5, 0.6) is 0 Å². The lowest BCUT2D eigenvalue weighted by Gasteiger charge is -2.19. The Kier molecular flexibility index (Phi) is 2.31. The maximum absolute atomic E-state index is 5.83. The van der Waals surface area contributed by atoms with E-state index in [1.165, 1.54) is 0 Å². The molecular formula is C10H6Cl3. The summed E-state index contributed by atoms with van der Waals surface area (Å²) in [6.45, 7) is 0. The van der Waals surface area contributed by atoms with Gasteiger partial charge in [-0.25, -0.2) is 0 Å². The quantitative estimate of drug-likeness (QED) is 0.594. The summed E-state index contributed by atoms with van der Waals surface area (Å²) in [6.07, 6.45) is 3.88. The van der Waals surface area contributed by atoms with Crippen molar-refractivity contribution in [2.45, 2.75) is 9.71 Å². The van der Waals surface area contributed by atoms with Crippen molar-refractivity contribution in [3.8, 4) is 0 Å². The van der Waals surface area contributed by atoms with E-state index in [1.807, 2.05) is 30.4 Å². The molecule has 1 aliphatic rings. The van der Waals surface area contributed by atoms with E-state index in [4.69, 9.17) is 34.8 Å². The van der Waals surface area contributed by atoms with E-state index >= 15 is 0 Å². The van der Waals surface area contributed by atoms with Crippen molar-refractivity contribution >= 4 is 40.9 Å². The number of halogens is 3. The van der Waals surface area contributed by atoms with Crippen LogP contribution in [0.2, 0.25) is 0 Å². The molecule has 0 heterocycles. The molecule has 0 saturated carbocycles. The highest BCUT2D eigenvalue weighted by Crippen LogP contribution is 2.46. The summed E-state index contributed by atoms with van der Waals surface area (Å²) < 4.78 is -1.27. The van der Waals surface area contributed by atoms with Crippen LogP contribution in [0.1, 0.15) is 17.0 Å². The predicted molar refractivity (Wildman–Crippen MR) is 57.3 cm³/mol. The van der Waals surface area contributed by atoms with Crippen LogP contribution >= 0.6 is 34.8 Å². The van der Waals surface area contributed by atoms with Gasteiger partial charge in [0.25, 0.3) is 0 Å². The summed E-state index contributed by atoms with van der Waals surface area (Å²) in [5.74, 6) is -0.148. The zero-order valence-corrected chi connectivity index (χ0v) is 8.87. The topological polar surface area (TPSA) is 0 Å². The van der Waals surface area contributed by atoms with Gasteiger partial charge < -0.3 is 0 Å². The Hall–Kier alpha value is -0.170. The second-order valence-electron chi connectivity index (χ2n) is 2.93. The van der Waals surface area contributed by atoms with Crippen molar-refractivity contribution in [3.05, 3.63) is 41.5 Å². The predicted octanol–water partition coefficient (Wildman–Crippen LogP) is 3.97. The fourth-order valence-corrected chi connectivity index (χ4v) is 2.04. The van der Waals surface area contributed by atoms with Gasteiger partial charge in [0.05, 0.1) is 5.92 Å². The molecule has 0 N–H and O–H groups in total. The van der Waals surface area contributed by atoms with Crippen LogP contribution in [0, 0.1) is 6.07 Å². The van der Waals surface area contributed by atoms with Gasteiger partial charge in [-0.15, -0.1) is 0 Å². The average molecular weight is 233 g/mol. The standard InChI is InChI=1S/C10H6Cl3/c11-10(12,13)9-6-5-7-3-1-2-4-8(7)9/h1,3-6,9H. The molecule has 0 amide bonds. The Labute approximate surface area is 92.1 Å². The molecule has 1 atom stereocenters. The van der Waals surface area contributed by atoms with E-state index in [2.05, 4.69) is 6.07 Å². The van der Waals surface area contributed by atoms with Crippen LogP contribution in [0.25, 0.3) is 6.08 Å². The first-order valence-corrected chi connectivity index (χ1v) is 4.97. The van der Waals surface area contributed by atoms with E-state index in [9.17, 15) is 0 Å². The molecule has 1 aliphatic carbocycles. The van der Waals surface area contributed by atoms with Gasteiger partial charge in [0.1, 0.15) is 0 Å². The van der Waals surface area contributed by atoms with Crippen LogP contribution in [-0.2, 0) is 0 Å². The lowest BCUT2D eigenvalue weighted by molar-refractivity contribution is 0.891. The van der Waals surface area contributed by atoms with Gasteiger partial charge in [-0.05, 0) is 23.3 Å². The highest BCUT2D eigenvalue weighted by atomic mass is 35.6. The minimum atomic E-state index is -1.27. The Morgan fingerprint density at radius 1 is 1.31 bits per heavy atom. The van der Waals surface area contributed by atoms with Crippen molar-refractivity contribution in [1.82, 2.24) is 0 Å². The first kappa shape index (κ1) is 9.39. The molecule has 3 heteroatoms. The van der Waals surface area contributed by atoms with Crippen LogP contribution in [0.3, 0.4) is 0 Å². The number of hydrogen-bond donors (Lipinski definition) is 0. The molecule has 2 rings (SSSR count). The van der Waals surface area contributed by atoms with E-state index in [1.54, 1.807) is 0 Å². The number of hydrogen-bond acceptors (Lipinski definition) is 0. The number of benzene rings is 1. The first-order chi connectivity index (χ1) is 6.09. The fourth-order valence-electron chi connectivity index (χ4n) is 1.47. The molecule has 0 aliphatic heterocycles. The lowest BCUT2D eigenvalue weighted by Crippen LogP contribution is -2.13. The minimum Gasteiger partial charge on any atom is -0.0826 e. The van der Waals surface area contributed by atoms with Gasteiger partial charge in [0, 0.05) is 0 Å². The summed E-state index contributed by atoms with van der Waals surface area (Å²) in [7, 11) is 0. The Morgan fingerprint density at radius 3 is 2.77 bits per heavy atom. The molecule has 1 aromatic carbocycles. The van der Waals surface area contributed by atoms with Crippen molar-refractivity contribution in [1.29, 1.82) is 0 Å². The van der Waals surface area contributed by atoms with Gasteiger partial charge in [0.15, 0.2) is 0 Å². The second kappa shape index (κ2) is 3.20. The largest absolute Gasteiger partial charge is 0.200 e. The summed E-state index contributed by atoms with van der Waals surface area (Å²) in [4.78, 5) is 0. The summed E-state index contributed by atoms with van der Waals surface area (Å²) in [6, 6.07) is 8.65. The van der Waals surface area contributed by atoms with Gasteiger partial charge in [0.2, 0.25) is 3.79 Å². The smallest absolute Gasteiger partial charge is 0.0826 e. The summed E-state index contributed by atoms with van der Waals surface area (Å²) in [5, 5.41) is 0. The van der Waals surface area contributed by atoms with E-state index in [0.717, 1.165) is 11.1 Å². The molecular weight excluding hydrogens is 226 g/mol. The molecule has 13 heavy (non-hydrogen) atoms. The SMILES string of the molecule is ClC(Cl)(Cl)C1C=Cc2cc[c]cc21. The summed E-state index contributed by atoms with van der Waals surface area (Å²) >= 11 is 17.5. The Morgan fingerprint density at radius 2 is 2.08 bits per heavy atom. The Balaban J connectivity index is 2.45. The third kappa shape index (κ3) is 1.71. The molecule has 0 nitrogen and oxygen atoms in total. The van der Waals surface area contributed by atoms with Gasteiger partial charge in [-0.1, -0.05) is 59.1 Å². The molecule has 0 bridgehead atoms. The molecule has 0 saturated heterocycles. The van der Waals surface area contributed by atoms with Crippen molar-refractivity contribution in [3.63, 3.8) is 0 Å². The third-order valence-electron chi connectivity index (χ3n) is 2.09. The highest BCUT2D eigenvalue weighted by Gasteiger charge is 2.35. The van der Waals surface area contributed by atoms with Crippen LogP contribution in [-0.4, -0.2) is 3.79 Å². The molecule has 1 unspecified atom stereocenters.